The van der Waals surface area contributed by atoms with Gasteiger partial charge in [-0.15, -0.1) is 0 Å². The SMILES string of the molecule is CC1=C(c2ccccc2)C(C)(O)C(O)C=C1. The topological polar surface area (TPSA) is 40.5 Å². The lowest BCUT2D eigenvalue weighted by atomic mass is 9.79. The molecule has 0 fully saturated rings. The Hall–Kier alpha value is -1.38. The van der Waals surface area contributed by atoms with E-state index in [-0.39, 0.29) is 0 Å². The monoisotopic (exact) mass is 216 g/mol. The molecule has 2 N–H and O–H groups in total. The Morgan fingerprint density at radius 1 is 1.19 bits per heavy atom. The Kier molecular flexibility index (Phi) is 2.70. The maximum absolute atomic E-state index is 10.4. The molecule has 0 bridgehead atoms. The van der Waals surface area contributed by atoms with E-state index in [9.17, 15) is 10.2 Å². The average molecular weight is 216 g/mol. The zero-order valence-electron chi connectivity index (χ0n) is 9.51. The van der Waals surface area contributed by atoms with E-state index < -0.39 is 11.7 Å². The van der Waals surface area contributed by atoms with Crippen molar-refractivity contribution in [2.24, 2.45) is 0 Å². The number of rotatable bonds is 1. The van der Waals surface area contributed by atoms with Gasteiger partial charge in [0.25, 0.3) is 0 Å². The van der Waals surface area contributed by atoms with E-state index in [1.54, 1.807) is 13.0 Å². The van der Waals surface area contributed by atoms with Crippen LogP contribution in [-0.2, 0) is 0 Å². The van der Waals surface area contributed by atoms with Crippen molar-refractivity contribution in [2.75, 3.05) is 0 Å². The summed E-state index contributed by atoms with van der Waals surface area (Å²) in [6, 6.07) is 9.67. The summed E-state index contributed by atoms with van der Waals surface area (Å²) >= 11 is 0. The van der Waals surface area contributed by atoms with Gasteiger partial charge in [0.2, 0.25) is 0 Å². The second-order valence-corrected chi connectivity index (χ2v) is 4.38. The summed E-state index contributed by atoms with van der Waals surface area (Å²) in [6.45, 7) is 3.59. The maximum Gasteiger partial charge on any atom is 0.117 e. The Bertz CT molecular complexity index is 441. The van der Waals surface area contributed by atoms with Crippen LogP contribution in [-0.4, -0.2) is 21.9 Å². The fraction of sp³-hybridized carbons (Fsp3) is 0.286. The van der Waals surface area contributed by atoms with E-state index in [0.717, 1.165) is 16.7 Å². The lowest BCUT2D eigenvalue weighted by molar-refractivity contribution is 0.00692. The third-order valence-corrected chi connectivity index (χ3v) is 3.07. The molecule has 0 aliphatic heterocycles. The van der Waals surface area contributed by atoms with Gasteiger partial charge in [-0.2, -0.15) is 0 Å². The molecule has 0 saturated heterocycles. The van der Waals surface area contributed by atoms with Gasteiger partial charge in [-0.3, -0.25) is 0 Å². The molecule has 0 aromatic heterocycles. The molecular weight excluding hydrogens is 200 g/mol. The summed E-state index contributed by atoms with van der Waals surface area (Å²) < 4.78 is 0. The Labute approximate surface area is 95.6 Å². The number of hydrogen-bond acceptors (Lipinski definition) is 2. The Balaban J connectivity index is 2.57. The molecular formula is C14H16O2. The first-order valence-corrected chi connectivity index (χ1v) is 5.39. The first-order valence-electron chi connectivity index (χ1n) is 5.39. The van der Waals surface area contributed by atoms with Crippen molar-refractivity contribution in [1.82, 2.24) is 0 Å². The number of aliphatic hydroxyl groups is 2. The second-order valence-electron chi connectivity index (χ2n) is 4.38. The minimum Gasteiger partial charge on any atom is -0.386 e. The molecule has 2 unspecified atom stereocenters. The van der Waals surface area contributed by atoms with Crippen molar-refractivity contribution in [3.05, 3.63) is 53.6 Å². The van der Waals surface area contributed by atoms with Crippen molar-refractivity contribution in [3.63, 3.8) is 0 Å². The molecule has 1 aromatic rings. The number of benzene rings is 1. The summed E-state index contributed by atoms with van der Waals surface area (Å²) in [4.78, 5) is 0. The fourth-order valence-corrected chi connectivity index (χ4v) is 2.18. The van der Waals surface area contributed by atoms with Crippen LogP contribution in [0.2, 0.25) is 0 Å². The fourth-order valence-electron chi connectivity index (χ4n) is 2.18. The summed E-state index contributed by atoms with van der Waals surface area (Å²) in [5.74, 6) is 0. The average Bonchev–Trinajstić information content (AvgIpc) is 2.25. The van der Waals surface area contributed by atoms with Crippen LogP contribution in [0.15, 0.2) is 48.1 Å². The molecule has 0 saturated carbocycles. The van der Waals surface area contributed by atoms with Crippen LogP contribution in [0.3, 0.4) is 0 Å². The van der Waals surface area contributed by atoms with E-state index in [1.165, 1.54) is 0 Å². The van der Waals surface area contributed by atoms with Crippen molar-refractivity contribution < 1.29 is 10.2 Å². The molecule has 2 atom stereocenters. The van der Waals surface area contributed by atoms with E-state index in [0.29, 0.717) is 0 Å². The van der Waals surface area contributed by atoms with Crippen molar-refractivity contribution >= 4 is 5.57 Å². The summed E-state index contributed by atoms with van der Waals surface area (Å²) in [7, 11) is 0. The van der Waals surface area contributed by atoms with Gasteiger partial charge < -0.3 is 10.2 Å². The van der Waals surface area contributed by atoms with Crippen LogP contribution < -0.4 is 0 Å². The molecule has 0 amide bonds. The van der Waals surface area contributed by atoms with E-state index in [2.05, 4.69) is 0 Å². The zero-order chi connectivity index (χ0) is 11.8. The standard InChI is InChI=1S/C14H16O2/c1-10-8-9-12(15)14(2,16)13(10)11-6-4-3-5-7-11/h3-9,12,15-16H,1-2H3. The molecule has 2 heteroatoms. The minimum atomic E-state index is -1.22. The summed E-state index contributed by atoms with van der Waals surface area (Å²) in [6.07, 6.45) is 2.62. The molecule has 0 spiro atoms. The first-order chi connectivity index (χ1) is 7.53. The molecule has 16 heavy (non-hydrogen) atoms. The molecule has 2 rings (SSSR count). The number of allylic oxidation sites excluding steroid dienone is 2. The Morgan fingerprint density at radius 3 is 2.44 bits per heavy atom. The highest BCUT2D eigenvalue weighted by atomic mass is 16.3. The van der Waals surface area contributed by atoms with Crippen LogP contribution >= 0.6 is 0 Å². The van der Waals surface area contributed by atoms with Crippen molar-refractivity contribution in [2.45, 2.75) is 25.6 Å². The van der Waals surface area contributed by atoms with Gasteiger partial charge in [-0.05, 0) is 30.6 Å². The summed E-state index contributed by atoms with van der Waals surface area (Å²) in [5, 5.41) is 20.2. The third kappa shape index (κ3) is 1.70. The normalized spacial score (nSPS) is 29.6. The molecule has 0 heterocycles. The number of aliphatic hydroxyl groups excluding tert-OH is 1. The van der Waals surface area contributed by atoms with Crippen LogP contribution in [0.1, 0.15) is 19.4 Å². The zero-order valence-corrected chi connectivity index (χ0v) is 9.51. The third-order valence-electron chi connectivity index (χ3n) is 3.07. The first kappa shape index (κ1) is 11.1. The van der Waals surface area contributed by atoms with Crippen molar-refractivity contribution in [3.8, 4) is 0 Å². The smallest absolute Gasteiger partial charge is 0.117 e. The molecule has 2 nitrogen and oxygen atoms in total. The van der Waals surface area contributed by atoms with Crippen molar-refractivity contribution in [1.29, 1.82) is 0 Å². The predicted molar refractivity (Wildman–Crippen MR) is 64.8 cm³/mol. The van der Waals surface area contributed by atoms with Crippen LogP contribution in [0.25, 0.3) is 5.57 Å². The van der Waals surface area contributed by atoms with Gasteiger partial charge in [0.05, 0.1) is 0 Å². The summed E-state index contributed by atoms with van der Waals surface area (Å²) in [5.41, 5.74) is 1.51. The van der Waals surface area contributed by atoms with E-state index in [1.807, 2.05) is 43.3 Å². The lowest BCUT2D eigenvalue weighted by Gasteiger charge is -2.34. The highest BCUT2D eigenvalue weighted by Gasteiger charge is 2.36. The molecule has 1 aromatic carbocycles. The number of hydrogen-bond donors (Lipinski definition) is 2. The van der Waals surface area contributed by atoms with Gasteiger partial charge in [-0.1, -0.05) is 42.5 Å². The van der Waals surface area contributed by atoms with Gasteiger partial charge in [0.15, 0.2) is 0 Å². The molecule has 1 aliphatic carbocycles. The lowest BCUT2D eigenvalue weighted by Crippen LogP contribution is -2.41. The highest BCUT2D eigenvalue weighted by molar-refractivity contribution is 5.78. The maximum atomic E-state index is 10.4. The quantitative estimate of drug-likeness (QED) is 0.755. The van der Waals surface area contributed by atoms with E-state index in [4.69, 9.17) is 0 Å². The van der Waals surface area contributed by atoms with E-state index >= 15 is 0 Å². The largest absolute Gasteiger partial charge is 0.386 e. The second kappa shape index (κ2) is 3.89. The van der Waals surface area contributed by atoms with Gasteiger partial charge in [0.1, 0.15) is 11.7 Å². The van der Waals surface area contributed by atoms with Gasteiger partial charge in [0, 0.05) is 0 Å². The molecule has 1 aliphatic rings. The molecule has 0 radical (unpaired) electrons. The molecule has 84 valence electrons. The van der Waals surface area contributed by atoms with Crippen LogP contribution in [0.5, 0.6) is 0 Å². The minimum absolute atomic E-state index is 0.795. The van der Waals surface area contributed by atoms with Crippen LogP contribution in [0, 0.1) is 0 Å². The Morgan fingerprint density at radius 2 is 1.81 bits per heavy atom. The van der Waals surface area contributed by atoms with Gasteiger partial charge >= 0.3 is 0 Å². The predicted octanol–water partition coefficient (Wildman–Crippen LogP) is 2.14. The van der Waals surface area contributed by atoms with Crippen LogP contribution in [0.4, 0.5) is 0 Å². The van der Waals surface area contributed by atoms with Gasteiger partial charge in [-0.25, -0.2) is 0 Å². The highest BCUT2D eigenvalue weighted by Crippen LogP contribution is 2.36.